The highest BCUT2D eigenvalue weighted by molar-refractivity contribution is 5.84. The summed E-state index contributed by atoms with van der Waals surface area (Å²) in [5.74, 6) is 0.831. The van der Waals surface area contributed by atoms with E-state index in [1.165, 1.54) is 0 Å². The Morgan fingerprint density at radius 1 is 1.38 bits per heavy atom. The smallest absolute Gasteiger partial charge is 0.244 e. The second kappa shape index (κ2) is 6.91. The predicted molar refractivity (Wildman–Crippen MR) is 80.9 cm³/mol. The molecule has 1 saturated heterocycles. The molecule has 3 N–H and O–H groups in total. The van der Waals surface area contributed by atoms with E-state index in [1.807, 2.05) is 31.2 Å². The van der Waals surface area contributed by atoms with E-state index in [-0.39, 0.29) is 17.9 Å². The van der Waals surface area contributed by atoms with Crippen molar-refractivity contribution in [3.05, 3.63) is 29.8 Å². The molecule has 0 bridgehead atoms. The second-order valence-corrected chi connectivity index (χ2v) is 5.62. The molecule has 0 radical (unpaired) electrons. The van der Waals surface area contributed by atoms with Gasteiger partial charge < -0.3 is 20.5 Å². The minimum atomic E-state index is -0.704. The molecule has 1 aromatic rings. The minimum Gasteiger partial charge on any atom is -0.496 e. The van der Waals surface area contributed by atoms with Gasteiger partial charge in [-0.15, -0.1) is 0 Å². The van der Waals surface area contributed by atoms with E-state index in [0.717, 1.165) is 12.8 Å². The lowest BCUT2D eigenvalue weighted by atomic mass is 9.91. The lowest BCUT2D eigenvalue weighted by Crippen LogP contribution is -2.44. The summed E-state index contributed by atoms with van der Waals surface area (Å²) in [6.45, 7) is 3.11. The van der Waals surface area contributed by atoms with Crippen LogP contribution >= 0.6 is 0 Å². The summed E-state index contributed by atoms with van der Waals surface area (Å²) in [6.07, 6.45) is 1.33. The average molecular weight is 292 g/mol. The van der Waals surface area contributed by atoms with Crippen LogP contribution in [0.3, 0.4) is 0 Å². The molecule has 116 valence electrons. The molecule has 0 aliphatic carbocycles. The third-order valence-corrected chi connectivity index (χ3v) is 4.27. The van der Waals surface area contributed by atoms with Gasteiger partial charge in [-0.3, -0.25) is 4.79 Å². The van der Waals surface area contributed by atoms with Crippen molar-refractivity contribution in [1.82, 2.24) is 4.90 Å². The largest absolute Gasteiger partial charge is 0.496 e. The van der Waals surface area contributed by atoms with Crippen LogP contribution in [0.4, 0.5) is 0 Å². The number of aliphatic hydroxyl groups excluding tert-OH is 1. The van der Waals surface area contributed by atoms with Crippen molar-refractivity contribution in [2.24, 2.45) is 11.7 Å². The Balaban J connectivity index is 2.03. The Morgan fingerprint density at radius 2 is 2.00 bits per heavy atom. The van der Waals surface area contributed by atoms with Gasteiger partial charge in [0.15, 0.2) is 0 Å². The summed E-state index contributed by atoms with van der Waals surface area (Å²) in [5, 5.41) is 9.61. The Labute approximate surface area is 125 Å². The zero-order chi connectivity index (χ0) is 15.4. The molecule has 2 rings (SSSR count). The van der Waals surface area contributed by atoms with E-state index in [0.29, 0.717) is 24.4 Å². The van der Waals surface area contributed by atoms with Gasteiger partial charge in [-0.1, -0.05) is 18.2 Å². The van der Waals surface area contributed by atoms with Crippen molar-refractivity contribution in [3.8, 4) is 5.75 Å². The molecule has 0 aromatic heterocycles. The van der Waals surface area contributed by atoms with Gasteiger partial charge >= 0.3 is 0 Å². The number of methoxy groups -OCH3 is 1. The maximum atomic E-state index is 12.5. The maximum Gasteiger partial charge on any atom is 0.244 e. The van der Waals surface area contributed by atoms with E-state index in [9.17, 15) is 9.90 Å². The van der Waals surface area contributed by atoms with Crippen molar-refractivity contribution in [3.63, 3.8) is 0 Å². The Morgan fingerprint density at radius 3 is 2.57 bits per heavy atom. The molecular formula is C16H24N2O3. The number of rotatable bonds is 4. The molecule has 1 fully saturated rings. The lowest BCUT2D eigenvalue weighted by molar-refractivity contribution is -0.134. The topological polar surface area (TPSA) is 75.8 Å². The van der Waals surface area contributed by atoms with Crippen molar-refractivity contribution < 1.29 is 14.6 Å². The number of hydrogen-bond acceptors (Lipinski definition) is 4. The van der Waals surface area contributed by atoms with Gasteiger partial charge in [-0.2, -0.15) is 0 Å². The minimum absolute atomic E-state index is 0.0801. The molecular weight excluding hydrogens is 268 g/mol. The molecule has 2 atom stereocenters. The van der Waals surface area contributed by atoms with Crippen molar-refractivity contribution in [2.75, 3.05) is 20.2 Å². The first-order valence-electron chi connectivity index (χ1n) is 7.40. The number of carbonyl (C=O) groups is 1. The zero-order valence-corrected chi connectivity index (χ0v) is 12.7. The van der Waals surface area contributed by atoms with Crippen LogP contribution in [-0.2, 0) is 4.79 Å². The SMILES string of the molecule is COc1ccccc1C(N)C(=O)N1CCC(C(C)O)CC1. The fourth-order valence-corrected chi connectivity index (χ4v) is 2.86. The van der Waals surface area contributed by atoms with Crippen LogP contribution in [0.2, 0.25) is 0 Å². The number of aliphatic hydroxyl groups is 1. The number of amides is 1. The third-order valence-electron chi connectivity index (χ3n) is 4.27. The number of carbonyl (C=O) groups excluding carboxylic acids is 1. The summed E-state index contributed by atoms with van der Waals surface area (Å²) >= 11 is 0. The predicted octanol–water partition coefficient (Wildman–Crippen LogP) is 1.31. The third kappa shape index (κ3) is 3.54. The highest BCUT2D eigenvalue weighted by atomic mass is 16.5. The lowest BCUT2D eigenvalue weighted by Gasteiger charge is -2.34. The van der Waals surface area contributed by atoms with Crippen LogP contribution in [-0.4, -0.2) is 42.2 Å². The molecule has 5 heteroatoms. The van der Waals surface area contributed by atoms with Crippen molar-refractivity contribution in [1.29, 1.82) is 0 Å². The van der Waals surface area contributed by atoms with Crippen LogP contribution in [0.25, 0.3) is 0 Å². The summed E-state index contributed by atoms with van der Waals surface area (Å²) in [6, 6.07) is 6.63. The molecule has 1 aliphatic rings. The fourth-order valence-electron chi connectivity index (χ4n) is 2.86. The number of nitrogens with zero attached hydrogens (tertiary/aromatic N) is 1. The molecule has 0 saturated carbocycles. The van der Waals surface area contributed by atoms with Crippen LogP contribution in [0, 0.1) is 5.92 Å². The van der Waals surface area contributed by atoms with Crippen LogP contribution in [0.5, 0.6) is 5.75 Å². The number of piperidine rings is 1. The zero-order valence-electron chi connectivity index (χ0n) is 12.7. The molecule has 2 unspecified atom stereocenters. The van der Waals surface area contributed by atoms with Gasteiger partial charge in [0.2, 0.25) is 5.91 Å². The number of likely N-dealkylation sites (tertiary alicyclic amines) is 1. The Hall–Kier alpha value is -1.59. The first-order valence-corrected chi connectivity index (χ1v) is 7.40. The standard InChI is InChI=1S/C16H24N2O3/c1-11(19)12-7-9-18(10-8-12)16(20)15(17)13-5-3-4-6-14(13)21-2/h3-6,11-12,15,19H,7-10,17H2,1-2H3. The second-order valence-electron chi connectivity index (χ2n) is 5.62. The van der Waals surface area contributed by atoms with Gasteiger partial charge in [0, 0.05) is 18.7 Å². The number of benzene rings is 1. The van der Waals surface area contributed by atoms with Crippen LogP contribution in [0.1, 0.15) is 31.4 Å². The molecule has 1 amide bonds. The van der Waals surface area contributed by atoms with Gasteiger partial charge in [0.1, 0.15) is 11.8 Å². The monoisotopic (exact) mass is 292 g/mol. The molecule has 1 heterocycles. The fraction of sp³-hybridized carbons (Fsp3) is 0.562. The number of ether oxygens (including phenoxy) is 1. The molecule has 0 spiro atoms. The number of nitrogens with two attached hydrogens (primary N) is 1. The van der Waals surface area contributed by atoms with Gasteiger partial charge in [0.25, 0.3) is 0 Å². The van der Waals surface area contributed by atoms with E-state index in [4.69, 9.17) is 10.5 Å². The highest BCUT2D eigenvalue weighted by Crippen LogP contribution is 2.27. The maximum absolute atomic E-state index is 12.5. The van der Waals surface area contributed by atoms with E-state index in [2.05, 4.69) is 0 Å². The first-order chi connectivity index (χ1) is 10.0. The summed E-state index contributed by atoms with van der Waals surface area (Å²) in [7, 11) is 1.57. The van der Waals surface area contributed by atoms with Crippen molar-refractivity contribution in [2.45, 2.75) is 31.9 Å². The Bertz CT molecular complexity index is 482. The van der Waals surface area contributed by atoms with Gasteiger partial charge in [-0.05, 0) is 31.7 Å². The van der Waals surface area contributed by atoms with E-state index in [1.54, 1.807) is 12.0 Å². The van der Waals surface area contributed by atoms with Crippen molar-refractivity contribution >= 4 is 5.91 Å². The van der Waals surface area contributed by atoms with E-state index < -0.39 is 6.04 Å². The summed E-state index contributed by atoms with van der Waals surface area (Å²) in [5.41, 5.74) is 6.83. The molecule has 1 aromatic carbocycles. The summed E-state index contributed by atoms with van der Waals surface area (Å²) < 4.78 is 5.27. The summed E-state index contributed by atoms with van der Waals surface area (Å²) in [4.78, 5) is 14.3. The molecule has 21 heavy (non-hydrogen) atoms. The quantitative estimate of drug-likeness (QED) is 0.877. The molecule has 5 nitrogen and oxygen atoms in total. The Kier molecular flexibility index (Phi) is 5.20. The number of hydrogen-bond donors (Lipinski definition) is 2. The average Bonchev–Trinajstić information content (AvgIpc) is 2.53. The normalized spacial score (nSPS) is 19.1. The van der Waals surface area contributed by atoms with Crippen LogP contribution < -0.4 is 10.5 Å². The van der Waals surface area contributed by atoms with Gasteiger partial charge in [0.05, 0.1) is 13.2 Å². The van der Waals surface area contributed by atoms with Gasteiger partial charge in [-0.25, -0.2) is 0 Å². The number of para-hydroxylation sites is 1. The van der Waals surface area contributed by atoms with E-state index >= 15 is 0 Å². The first kappa shape index (κ1) is 15.8. The van der Waals surface area contributed by atoms with Crippen LogP contribution in [0.15, 0.2) is 24.3 Å². The highest BCUT2D eigenvalue weighted by Gasteiger charge is 2.29. The molecule has 1 aliphatic heterocycles.